The molecule has 0 saturated carbocycles. The molecule has 2 aromatic carbocycles. The smallest absolute Gasteiger partial charge is 0.266 e. The van der Waals surface area contributed by atoms with E-state index in [1.807, 2.05) is 67.8 Å². The summed E-state index contributed by atoms with van der Waals surface area (Å²) in [6, 6.07) is 16.9. The summed E-state index contributed by atoms with van der Waals surface area (Å²) >= 11 is 6.14. The van der Waals surface area contributed by atoms with Crippen molar-refractivity contribution < 1.29 is 9.53 Å². The first-order chi connectivity index (χ1) is 14.3. The number of ether oxygens (including phenoxy) is 1. The molecule has 0 atom stereocenters. The highest BCUT2D eigenvalue weighted by Gasteiger charge is 2.15. The summed E-state index contributed by atoms with van der Waals surface area (Å²) in [5.41, 5.74) is 5.08. The lowest BCUT2D eigenvalue weighted by Gasteiger charge is -2.11. The molecule has 0 aliphatic rings. The molecule has 1 heterocycles. The third kappa shape index (κ3) is 4.40. The lowest BCUT2D eigenvalue weighted by molar-refractivity contribution is -0.112. The van der Waals surface area contributed by atoms with Crippen LogP contribution < -0.4 is 10.1 Å². The highest BCUT2D eigenvalue weighted by molar-refractivity contribution is 6.30. The number of halogens is 1. The van der Waals surface area contributed by atoms with Crippen molar-refractivity contribution in [2.24, 2.45) is 0 Å². The number of carbonyl (C=O) groups is 1. The van der Waals surface area contributed by atoms with Gasteiger partial charge in [-0.05, 0) is 74.4 Å². The van der Waals surface area contributed by atoms with E-state index in [2.05, 4.69) is 5.32 Å². The average molecular weight is 420 g/mol. The summed E-state index contributed by atoms with van der Waals surface area (Å²) in [6.45, 7) is 5.83. The van der Waals surface area contributed by atoms with Crippen LogP contribution in [0.25, 0.3) is 11.8 Å². The number of rotatable bonds is 5. The molecule has 5 nitrogen and oxygen atoms in total. The van der Waals surface area contributed by atoms with E-state index in [1.165, 1.54) is 7.11 Å². The van der Waals surface area contributed by atoms with Gasteiger partial charge in [0.2, 0.25) is 0 Å². The summed E-state index contributed by atoms with van der Waals surface area (Å²) in [7, 11) is 1.53. The van der Waals surface area contributed by atoms with Crippen LogP contribution in [0.4, 0.5) is 5.69 Å². The van der Waals surface area contributed by atoms with E-state index in [0.29, 0.717) is 16.5 Å². The quantitative estimate of drug-likeness (QED) is 0.431. The van der Waals surface area contributed by atoms with Gasteiger partial charge >= 0.3 is 0 Å². The Morgan fingerprint density at radius 2 is 1.93 bits per heavy atom. The predicted octanol–water partition coefficient (Wildman–Crippen LogP) is 5.61. The van der Waals surface area contributed by atoms with Crippen LogP contribution in [-0.4, -0.2) is 17.6 Å². The molecule has 0 aliphatic carbocycles. The summed E-state index contributed by atoms with van der Waals surface area (Å²) in [5, 5.41) is 13.0. The molecular weight excluding hydrogens is 398 g/mol. The zero-order valence-corrected chi connectivity index (χ0v) is 18.0. The van der Waals surface area contributed by atoms with Crippen LogP contribution in [0.2, 0.25) is 5.02 Å². The van der Waals surface area contributed by atoms with Gasteiger partial charge in [-0.2, -0.15) is 5.26 Å². The summed E-state index contributed by atoms with van der Waals surface area (Å²) in [4.78, 5) is 12.8. The Balaban J connectivity index is 1.96. The predicted molar refractivity (Wildman–Crippen MR) is 120 cm³/mol. The average Bonchev–Trinajstić information content (AvgIpc) is 2.99. The van der Waals surface area contributed by atoms with Crippen molar-refractivity contribution in [3.05, 3.63) is 81.6 Å². The molecule has 0 radical (unpaired) electrons. The van der Waals surface area contributed by atoms with Gasteiger partial charge in [0.05, 0.1) is 12.8 Å². The molecule has 6 heteroatoms. The van der Waals surface area contributed by atoms with E-state index >= 15 is 0 Å². The lowest BCUT2D eigenvalue weighted by Crippen LogP contribution is -2.14. The largest absolute Gasteiger partial charge is 0.495 e. The van der Waals surface area contributed by atoms with Gasteiger partial charge in [-0.1, -0.05) is 23.7 Å². The Morgan fingerprint density at radius 1 is 1.17 bits per heavy atom. The van der Waals surface area contributed by atoms with Gasteiger partial charge in [-0.3, -0.25) is 4.79 Å². The van der Waals surface area contributed by atoms with Crippen molar-refractivity contribution >= 4 is 29.3 Å². The number of methoxy groups -OCH3 is 1. The van der Waals surface area contributed by atoms with Gasteiger partial charge in [0.1, 0.15) is 17.4 Å². The fraction of sp³-hybridized carbons (Fsp3) is 0.167. The third-order valence-corrected chi connectivity index (χ3v) is 5.04. The molecule has 3 aromatic rings. The van der Waals surface area contributed by atoms with Gasteiger partial charge in [0, 0.05) is 22.1 Å². The minimum atomic E-state index is -0.492. The maximum atomic E-state index is 12.8. The van der Waals surface area contributed by atoms with Crippen LogP contribution in [0.15, 0.2) is 54.1 Å². The van der Waals surface area contributed by atoms with Crippen LogP contribution in [-0.2, 0) is 4.79 Å². The number of aryl methyl sites for hydroxylation is 2. The van der Waals surface area contributed by atoms with E-state index in [0.717, 1.165) is 28.2 Å². The molecule has 1 aromatic heterocycles. The minimum Gasteiger partial charge on any atom is -0.495 e. The van der Waals surface area contributed by atoms with E-state index in [1.54, 1.807) is 18.2 Å². The molecule has 1 N–H and O–H groups in total. The van der Waals surface area contributed by atoms with Crippen molar-refractivity contribution in [1.29, 1.82) is 5.26 Å². The SMILES string of the molecule is COc1ccc(C)cc1NC(=O)/C(C#N)=C/c1cc(C)n(-c2cccc(Cl)c2)c1C. The topological polar surface area (TPSA) is 67.0 Å². The van der Waals surface area contributed by atoms with Gasteiger partial charge in [0.25, 0.3) is 5.91 Å². The molecule has 30 heavy (non-hydrogen) atoms. The Kier molecular flexibility index (Phi) is 6.29. The van der Waals surface area contributed by atoms with Crippen molar-refractivity contribution in [2.45, 2.75) is 20.8 Å². The van der Waals surface area contributed by atoms with Crippen LogP contribution >= 0.6 is 11.6 Å². The van der Waals surface area contributed by atoms with Gasteiger partial charge in [-0.25, -0.2) is 0 Å². The maximum absolute atomic E-state index is 12.8. The first kappa shape index (κ1) is 21.2. The second-order valence-electron chi connectivity index (χ2n) is 6.97. The van der Waals surface area contributed by atoms with Crippen molar-refractivity contribution in [1.82, 2.24) is 4.57 Å². The Labute approximate surface area is 181 Å². The Bertz CT molecular complexity index is 1190. The molecule has 0 spiro atoms. The molecule has 0 saturated heterocycles. The fourth-order valence-corrected chi connectivity index (χ4v) is 3.54. The molecule has 0 fully saturated rings. The maximum Gasteiger partial charge on any atom is 0.266 e. The second-order valence-corrected chi connectivity index (χ2v) is 7.41. The number of anilines is 1. The van der Waals surface area contributed by atoms with E-state index < -0.39 is 5.91 Å². The Hall–Kier alpha value is -3.49. The van der Waals surface area contributed by atoms with Crippen LogP contribution in [0.3, 0.4) is 0 Å². The summed E-state index contributed by atoms with van der Waals surface area (Å²) < 4.78 is 7.33. The van der Waals surface area contributed by atoms with Crippen LogP contribution in [0, 0.1) is 32.1 Å². The molecule has 0 bridgehead atoms. The number of carbonyl (C=O) groups excluding carboxylic acids is 1. The monoisotopic (exact) mass is 419 g/mol. The van der Waals surface area contributed by atoms with E-state index in [4.69, 9.17) is 16.3 Å². The van der Waals surface area contributed by atoms with Gasteiger partial charge in [-0.15, -0.1) is 0 Å². The second kappa shape index (κ2) is 8.89. The summed E-state index contributed by atoms with van der Waals surface area (Å²) in [5.74, 6) is 0.0410. The standard InChI is InChI=1S/C24H22ClN3O2/c1-15-8-9-23(30-4)22(10-15)27-24(29)19(14-26)12-18-11-16(2)28(17(18)3)21-7-5-6-20(25)13-21/h5-13H,1-4H3,(H,27,29)/b19-12+. The number of hydrogen-bond donors (Lipinski definition) is 1. The first-order valence-corrected chi connectivity index (χ1v) is 9.74. The van der Waals surface area contributed by atoms with Crippen LogP contribution in [0.1, 0.15) is 22.5 Å². The van der Waals surface area contributed by atoms with Crippen LogP contribution in [0.5, 0.6) is 5.75 Å². The van der Waals surface area contributed by atoms with E-state index in [9.17, 15) is 10.1 Å². The highest BCUT2D eigenvalue weighted by Crippen LogP contribution is 2.27. The van der Waals surface area contributed by atoms with Gasteiger partial charge < -0.3 is 14.6 Å². The normalized spacial score (nSPS) is 11.1. The number of hydrogen-bond acceptors (Lipinski definition) is 3. The molecule has 0 unspecified atom stereocenters. The molecule has 0 aliphatic heterocycles. The van der Waals surface area contributed by atoms with Crippen molar-refractivity contribution in [3.63, 3.8) is 0 Å². The summed E-state index contributed by atoms with van der Waals surface area (Å²) in [6.07, 6.45) is 1.60. The third-order valence-electron chi connectivity index (χ3n) is 4.80. The van der Waals surface area contributed by atoms with Gasteiger partial charge in [0.15, 0.2) is 0 Å². The Morgan fingerprint density at radius 3 is 2.60 bits per heavy atom. The zero-order chi connectivity index (χ0) is 21.8. The van der Waals surface area contributed by atoms with Crippen molar-refractivity contribution in [3.8, 4) is 17.5 Å². The first-order valence-electron chi connectivity index (χ1n) is 9.36. The number of benzene rings is 2. The molecule has 1 amide bonds. The fourth-order valence-electron chi connectivity index (χ4n) is 3.36. The zero-order valence-electron chi connectivity index (χ0n) is 17.3. The number of nitrogens with one attached hydrogen (secondary N) is 1. The minimum absolute atomic E-state index is 0.00454. The van der Waals surface area contributed by atoms with Crippen molar-refractivity contribution in [2.75, 3.05) is 12.4 Å². The number of nitriles is 1. The van der Waals surface area contributed by atoms with E-state index in [-0.39, 0.29) is 5.57 Å². The number of nitrogens with zero attached hydrogens (tertiary/aromatic N) is 2. The highest BCUT2D eigenvalue weighted by atomic mass is 35.5. The molecule has 3 rings (SSSR count). The lowest BCUT2D eigenvalue weighted by atomic mass is 10.1. The molecule has 152 valence electrons. The molecular formula is C24H22ClN3O2. The number of aromatic nitrogens is 1. The number of amides is 1.